The molecule has 1 aliphatic heterocycles. The quantitative estimate of drug-likeness (QED) is 0.483. The van der Waals surface area contributed by atoms with Crippen molar-refractivity contribution in [2.45, 2.75) is 32.2 Å². The standard InChI is InChI=1S/C21H21N3O4/c25-20-16-8-4-5-9-17(16)21(26)23(20)15-10-11-18(19(12-15)24(27)28)22-13-14-6-2-1-3-7-14/h1-3,6-7,10-12,16-17,22H,4-5,8-9,13H2/t16-,17-/m0/s1. The van der Waals surface area contributed by atoms with Crippen molar-refractivity contribution in [1.82, 2.24) is 0 Å². The second-order valence-electron chi connectivity index (χ2n) is 7.31. The molecule has 0 aromatic heterocycles. The number of hydrogen-bond donors (Lipinski definition) is 1. The van der Waals surface area contributed by atoms with Gasteiger partial charge in [-0.2, -0.15) is 0 Å². The number of nitrogens with one attached hydrogen (secondary N) is 1. The normalized spacial score (nSPS) is 21.5. The number of nitrogens with zero attached hydrogens (tertiary/aromatic N) is 2. The Kier molecular flexibility index (Phi) is 4.81. The molecule has 1 heterocycles. The Bertz CT molecular complexity index is 905. The van der Waals surface area contributed by atoms with E-state index in [2.05, 4.69) is 5.32 Å². The van der Waals surface area contributed by atoms with Crippen molar-refractivity contribution in [1.29, 1.82) is 0 Å². The Morgan fingerprint density at radius 1 is 1.00 bits per heavy atom. The van der Waals surface area contributed by atoms with Gasteiger partial charge in [-0.1, -0.05) is 43.2 Å². The molecule has 2 fully saturated rings. The number of nitro benzene ring substituents is 1. The number of rotatable bonds is 5. The number of hydrogen-bond acceptors (Lipinski definition) is 5. The predicted octanol–water partition coefficient (Wildman–Crippen LogP) is 3.89. The minimum atomic E-state index is -0.491. The second kappa shape index (κ2) is 7.42. The SMILES string of the molecule is O=C1[C@H]2CCCC[C@@H]2C(=O)N1c1ccc(NCc2ccccc2)c([N+](=O)[O-])c1. The summed E-state index contributed by atoms with van der Waals surface area (Å²) in [6.07, 6.45) is 3.31. The number of carbonyl (C=O) groups excluding carboxylic acids is 2. The minimum absolute atomic E-state index is 0.149. The monoisotopic (exact) mass is 379 g/mol. The number of benzene rings is 2. The molecule has 2 aromatic carbocycles. The average Bonchev–Trinajstić information content (AvgIpc) is 2.98. The molecule has 0 radical (unpaired) electrons. The van der Waals surface area contributed by atoms with Crippen LogP contribution < -0.4 is 10.2 Å². The van der Waals surface area contributed by atoms with Gasteiger partial charge in [0.1, 0.15) is 5.69 Å². The van der Waals surface area contributed by atoms with Crippen LogP contribution in [-0.2, 0) is 16.1 Å². The van der Waals surface area contributed by atoms with E-state index in [-0.39, 0.29) is 35.0 Å². The third-order valence-electron chi connectivity index (χ3n) is 5.60. The maximum atomic E-state index is 12.7. The molecular weight excluding hydrogens is 358 g/mol. The number of amides is 2. The highest BCUT2D eigenvalue weighted by atomic mass is 16.6. The van der Waals surface area contributed by atoms with Crippen LogP contribution >= 0.6 is 0 Å². The van der Waals surface area contributed by atoms with Crippen LogP contribution in [0.3, 0.4) is 0 Å². The Balaban J connectivity index is 1.60. The largest absolute Gasteiger partial charge is 0.375 e. The summed E-state index contributed by atoms with van der Waals surface area (Å²) < 4.78 is 0. The number of anilines is 2. The maximum Gasteiger partial charge on any atom is 0.294 e. The Morgan fingerprint density at radius 2 is 1.64 bits per heavy atom. The van der Waals surface area contributed by atoms with Crippen LogP contribution in [0.1, 0.15) is 31.2 Å². The summed E-state index contributed by atoms with van der Waals surface area (Å²) in [7, 11) is 0. The molecule has 0 unspecified atom stereocenters. The first-order valence-electron chi connectivity index (χ1n) is 9.50. The fraction of sp³-hybridized carbons (Fsp3) is 0.333. The fourth-order valence-corrected chi connectivity index (χ4v) is 4.17. The molecule has 1 saturated carbocycles. The van der Waals surface area contributed by atoms with Gasteiger partial charge in [0.15, 0.2) is 0 Å². The second-order valence-corrected chi connectivity index (χ2v) is 7.31. The third-order valence-corrected chi connectivity index (χ3v) is 5.60. The van der Waals surface area contributed by atoms with E-state index in [0.29, 0.717) is 25.1 Å². The number of nitro groups is 1. The van der Waals surface area contributed by atoms with Crippen LogP contribution in [0.4, 0.5) is 17.1 Å². The van der Waals surface area contributed by atoms with Crippen molar-refractivity contribution in [2.75, 3.05) is 10.2 Å². The van der Waals surface area contributed by atoms with Crippen molar-refractivity contribution in [3.05, 3.63) is 64.2 Å². The molecule has 2 amide bonds. The van der Waals surface area contributed by atoms with Crippen molar-refractivity contribution in [3.63, 3.8) is 0 Å². The molecule has 144 valence electrons. The van der Waals surface area contributed by atoms with Crippen LogP contribution in [0, 0.1) is 22.0 Å². The van der Waals surface area contributed by atoms with Gasteiger partial charge in [-0.3, -0.25) is 19.7 Å². The van der Waals surface area contributed by atoms with Crippen molar-refractivity contribution in [3.8, 4) is 0 Å². The van der Waals surface area contributed by atoms with Crippen LogP contribution in [0.15, 0.2) is 48.5 Å². The molecule has 1 N–H and O–H groups in total. The highest BCUT2D eigenvalue weighted by Gasteiger charge is 2.49. The van der Waals surface area contributed by atoms with Gasteiger partial charge >= 0.3 is 0 Å². The molecule has 0 bridgehead atoms. The van der Waals surface area contributed by atoms with E-state index in [9.17, 15) is 19.7 Å². The van der Waals surface area contributed by atoms with Crippen LogP contribution in [0.5, 0.6) is 0 Å². The van der Waals surface area contributed by atoms with Gasteiger partial charge in [0.25, 0.3) is 5.69 Å². The maximum absolute atomic E-state index is 12.7. The lowest BCUT2D eigenvalue weighted by Crippen LogP contribution is -2.30. The third kappa shape index (κ3) is 3.24. The minimum Gasteiger partial charge on any atom is -0.375 e. The fourth-order valence-electron chi connectivity index (χ4n) is 4.17. The molecule has 1 aliphatic carbocycles. The number of carbonyl (C=O) groups is 2. The molecule has 4 rings (SSSR count). The van der Waals surface area contributed by atoms with E-state index in [4.69, 9.17) is 0 Å². The van der Waals surface area contributed by atoms with Crippen molar-refractivity contribution >= 4 is 28.9 Å². The lowest BCUT2D eigenvalue weighted by Gasteiger charge is -2.19. The topological polar surface area (TPSA) is 92.6 Å². The van der Waals surface area contributed by atoms with Crippen molar-refractivity contribution in [2.24, 2.45) is 11.8 Å². The van der Waals surface area contributed by atoms with Gasteiger partial charge in [0, 0.05) is 12.6 Å². The van der Waals surface area contributed by atoms with Gasteiger partial charge < -0.3 is 5.32 Å². The summed E-state index contributed by atoms with van der Waals surface area (Å²) >= 11 is 0. The number of imide groups is 1. The molecule has 2 atom stereocenters. The molecule has 2 aliphatic rings. The Morgan fingerprint density at radius 3 is 2.25 bits per heavy atom. The highest BCUT2D eigenvalue weighted by molar-refractivity contribution is 6.22. The number of fused-ring (bicyclic) bond motifs is 1. The van der Waals surface area contributed by atoms with Gasteiger partial charge in [-0.25, -0.2) is 4.90 Å². The predicted molar refractivity (Wildman–Crippen MR) is 105 cm³/mol. The van der Waals surface area contributed by atoms with E-state index in [1.165, 1.54) is 6.07 Å². The zero-order chi connectivity index (χ0) is 19.7. The average molecular weight is 379 g/mol. The smallest absolute Gasteiger partial charge is 0.294 e. The zero-order valence-electron chi connectivity index (χ0n) is 15.3. The van der Waals surface area contributed by atoms with Crippen molar-refractivity contribution < 1.29 is 14.5 Å². The van der Waals surface area contributed by atoms with Gasteiger partial charge in [0.05, 0.1) is 22.4 Å². The lowest BCUT2D eigenvalue weighted by atomic mass is 9.81. The summed E-state index contributed by atoms with van der Waals surface area (Å²) in [4.78, 5) is 37.7. The summed E-state index contributed by atoms with van der Waals surface area (Å²) in [5.74, 6) is -1.02. The molecule has 7 nitrogen and oxygen atoms in total. The Hall–Kier alpha value is -3.22. The Labute approximate surface area is 162 Å². The van der Waals surface area contributed by atoms with Crippen LogP contribution in [-0.4, -0.2) is 16.7 Å². The lowest BCUT2D eigenvalue weighted by molar-refractivity contribution is -0.383. The van der Waals surface area contributed by atoms with Gasteiger partial charge in [-0.05, 0) is 30.5 Å². The van der Waals surface area contributed by atoms with E-state index >= 15 is 0 Å². The summed E-state index contributed by atoms with van der Waals surface area (Å²) in [5.41, 5.74) is 1.48. The van der Waals surface area contributed by atoms with E-state index in [0.717, 1.165) is 23.3 Å². The highest BCUT2D eigenvalue weighted by Crippen LogP contribution is 2.41. The first-order chi connectivity index (χ1) is 13.6. The molecular formula is C21H21N3O4. The first kappa shape index (κ1) is 18.2. The summed E-state index contributed by atoms with van der Waals surface area (Å²) in [6, 6.07) is 14.1. The van der Waals surface area contributed by atoms with Gasteiger partial charge in [-0.15, -0.1) is 0 Å². The van der Waals surface area contributed by atoms with E-state index in [1.807, 2.05) is 30.3 Å². The van der Waals surface area contributed by atoms with E-state index in [1.54, 1.807) is 12.1 Å². The van der Waals surface area contributed by atoms with Gasteiger partial charge in [0.2, 0.25) is 11.8 Å². The molecule has 1 saturated heterocycles. The van der Waals surface area contributed by atoms with Crippen LogP contribution in [0.25, 0.3) is 0 Å². The molecule has 7 heteroatoms. The van der Waals surface area contributed by atoms with E-state index < -0.39 is 4.92 Å². The molecule has 2 aromatic rings. The first-order valence-corrected chi connectivity index (χ1v) is 9.50. The molecule has 0 spiro atoms. The summed E-state index contributed by atoms with van der Waals surface area (Å²) in [6.45, 7) is 0.437. The zero-order valence-corrected chi connectivity index (χ0v) is 15.3. The molecule has 28 heavy (non-hydrogen) atoms. The summed E-state index contributed by atoms with van der Waals surface area (Å²) in [5, 5.41) is 14.7. The van der Waals surface area contributed by atoms with Crippen LogP contribution in [0.2, 0.25) is 0 Å².